The van der Waals surface area contributed by atoms with Gasteiger partial charge in [0.1, 0.15) is 0 Å². The molecule has 1 aromatic carbocycles. The van der Waals surface area contributed by atoms with Crippen LogP contribution in [-0.4, -0.2) is 18.2 Å². The first-order valence-electron chi connectivity index (χ1n) is 7.55. The number of nitrogens with one attached hydrogen (secondary N) is 2. The first-order valence-corrected chi connectivity index (χ1v) is 7.55. The topological polar surface area (TPSA) is 41.1 Å². The second kappa shape index (κ2) is 7.03. The van der Waals surface area contributed by atoms with Gasteiger partial charge in [0.05, 0.1) is 12.0 Å². The molecule has 6 heteroatoms. The van der Waals surface area contributed by atoms with Gasteiger partial charge in [0.2, 0.25) is 0 Å². The average molecular weight is 314 g/mol. The molecule has 1 aromatic rings. The Morgan fingerprint density at radius 3 is 2.55 bits per heavy atom. The second-order valence-electron chi connectivity index (χ2n) is 5.85. The minimum absolute atomic E-state index is 0.0311. The summed E-state index contributed by atoms with van der Waals surface area (Å²) in [6, 6.07) is 8.41. The highest BCUT2D eigenvalue weighted by Crippen LogP contribution is 2.37. The lowest BCUT2D eigenvalue weighted by Gasteiger charge is -2.31. The Morgan fingerprint density at radius 1 is 1.23 bits per heavy atom. The Labute approximate surface area is 128 Å². The van der Waals surface area contributed by atoms with Crippen molar-refractivity contribution in [1.82, 2.24) is 10.6 Å². The fourth-order valence-electron chi connectivity index (χ4n) is 2.87. The number of hydrogen-bond donors (Lipinski definition) is 2. The van der Waals surface area contributed by atoms with Crippen LogP contribution in [0.5, 0.6) is 0 Å². The van der Waals surface area contributed by atoms with E-state index < -0.39 is 24.2 Å². The number of benzene rings is 1. The maximum absolute atomic E-state index is 12.8. The minimum atomic E-state index is -4.17. The highest BCUT2D eigenvalue weighted by Gasteiger charge is 2.42. The summed E-state index contributed by atoms with van der Waals surface area (Å²) in [6.07, 6.45) is -2.96. The van der Waals surface area contributed by atoms with E-state index in [1.807, 2.05) is 37.3 Å². The van der Waals surface area contributed by atoms with Gasteiger partial charge in [-0.1, -0.05) is 36.8 Å². The summed E-state index contributed by atoms with van der Waals surface area (Å²) in [7, 11) is 0. The van der Waals surface area contributed by atoms with Crippen molar-refractivity contribution >= 4 is 6.03 Å². The monoisotopic (exact) mass is 314 g/mol. The van der Waals surface area contributed by atoms with Gasteiger partial charge in [-0.3, -0.25) is 0 Å². The quantitative estimate of drug-likeness (QED) is 0.864. The maximum atomic E-state index is 12.8. The van der Waals surface area contributed by atoms with Crippen LogP contribution in [0, 0.1) is 5.92 Å². The summed E-state index contributed by atoms with van der Waals surface area (Å²) in [4.78, 5) is 11.9. The van der Waals surface area contributed by atoms with Crippen molar-refractivity contribution < 1.29 is 18.0 Å². The third-order valence-corrected chi connectivity index (χ3v) is 4.12. The van der Waals surface area contributed by atoms with E-state index >= 15 is 0 Å². The highest BCUT2D eigenvalue weighted by atomic mass is 19.4. The zero-order valence-electron chi connectivity index (χ0n) is 12.5. The van der Waals surface area contributed by atoms with Crippen LogP contribution in [0.3, 0.4) is 0 Å². The van der Waals surface area contributed by atoms with Crippen molar-refractivity contribution in [1.29, 1.82) is 0 Å². The molecule has 0 heterocycles. The minimum Gasteiger partial charge on any atom is -0.335 e. The standard InChI is InChI=1S/C16H21F3N2O/c1-11(12-6-3-2-4-7-12)20-15(22)21-14-9-5-8-13(10-14)16(17,18)19/h2-4,6-7,11,13-14H,5,8-10H2,1H3,(H2,20,21,22)/t11-,13-,14-/m0/s1. The van der Waals surface area contributed by atoms with Crippen LogP contribution in [0.4, 0.5) is 18.0 Å². The van der Waals surface area contributed by atoms with Crippen LogP contribution < -0.4 is 10.6 Å². The van der Waals surface area contributed by atoms with Gasteiger partial charge in [-0.15, -0.1) is 0 Å². The lowest BCUT2D eigenvalue weighted by Crippen LogP contribution is -2.46. The van der Waals surface area contributed by atoms with Gasteiger partial charge in [0, 0.05) is 6.04 Å². The zero-order valence-corrected chi connectivity index (χ0v) is 12.5. The lowest BCUT2D eigenvalue weighted by molar-refractivity contribution is -0.183. The van der Waals surface area contributed by atoms with Gasteiger partial charge >= 0.3 is 12.2 Å². The third kappa shape index (κ3) is 4.64. The van der Waals surface area contributed by atoms with Gasteiger partial charge in [-0.2, -0.15) is 13.2 Å². The molecule has 1 aliphatic carbocycles. The predicted molar refractivity (Wildman–Crippen MR) is 78.3 cm³/mol. The number of halogens is 3. The first-order chi connectivity index (χ1) is 10.4. The number of alkyl halides is 3. The van der Waals surface area contributed by atoms with Gasteiger partial charge in [-0.25, -0.2) is 4.79 Å². The van der Waals surface area contributed by atoms with E-state index in [0.29, 0.717) is 12.8 Å². The molecule has 2 rings (SSSR count). The molecule has 0 aromatic heterocycles. The van der Waals surface area contributed by atoms with Crippen molar-refractivity contribution in [3.05, 3.63) is 35.9 Å². The van der Waals surface area contributed by atoms with Gasteiger partial charge in [0.25, 0.3) is 0 Å². The van der Waals surface area contributed by atoms with E-state index in [2.05, 4.69) is 10.6 Å². The van der Waals surface area contributed by atoms with E-state index in [1.54, 1.807) is 0 Å². The molecular weight excluding hydrogens is 293 g/mol. The Balaban J connectivity index is 1.84. The SMILES string of the molecule is C[C@H](NC(=O)N[C@H]1CCC[C@H](C(F)(F)F)C1)c1ccccc1. The molecule has 1 fully saturated rings. The van der Waals surface area contributed by atoms with Crippen molar-refractivity contribution in [3.8, 4) is 0 Å². The van der Waals surface area contributed by atoms with Crippen LogP contribution in [-0.2, 0) is 0 Å². The van der Waals surface area contributed by atoms with Gasteiger partial charge in [0.15, 0.2) is 0 Å². The van der Waals surface area contributed by atoms with Crippen LogP contribution in [0.2, 0.25) is 0 Å². The summed E-state index contributed by atoms with van der Waals surface area (Å²) in [5, 5.41) is 5.44. The molecule has 122 valence electrons. The summed E-state index contributed by atoms with van der Waals surface area (Å²) >= 11 is 0. The molecule has 0 saturated heterocycles. The Kier molecular flexibility index (Phi) is 5.32. The number of carbonyl (C=O) groups is 1. The molecule has 3 nitrogen and oxygen atoms in total. The average Bonchev–Trinajstić information content (AvgIpc) is 2.47. The summed E-state index contributed by atoms with van der Waals surface area (Å²) in [5.74, 6) is -1.31. The molecule has 0 bridgehead atoms. The van der Waals surface area contributed by atoms with Crippen LogP contribution in [0.1, 0.15) is 44.2 Å². The molecule has 0 aliphatic heterocycles. The van der Waals surface area contributed by atoms with Gasteiger partial charge in [-0.05, 0) is 31.7 Å². The molecule has 0 radical (unpaired) electrons. The van der Waals surface area contributed by atoms with Gasteiger partial charge < -0.3 is 10.6 Å². The van der Waals surface area contributed by atoms with Crippen molar-refractivity contribution in [2.75, 3.05) is 0 Å². The summed E-state index contributed by atoms with van der Waals surface area (Å²) < 4.78 is 38.3. The lowest BCUT2D eigenvalue weighted by atomic mass is 9.85. The van der Waals surface area contributed by atoms with E-state index in [9.17, 15) is 18.0 Å². The van der Waals surface area contributed by atoms with Crippen molar-refractivity contribution in [3.63, 3.8) is 0 Å². The molecule has 2 N–H and O–H groups in total. The molecule has 0 unspecified atom stereocenters. The molecule has 2 amide bonds. The van der Waals surface area contributed by atoms with E-state index in [-0.39, 0.29) is 18.9 Å². The van der Waals surface area contributed by atoms with Crippen LogP contribution in [0.15, 0.2) is 30.3 Å². The third-order valence-electron chi connectivity index (χ3n) is 4.12. The number of amides is 2. The fraction of sp³-hybridized carbons (Fsp3) is 0.562. The zero-order chi connectivity index (χ0) is 16.2. The molecule has 3 atom stereocenters. The first kappa shape index (κ1) is 16.6. The van der Waals surface area contributed by atoms with E-state index in [0.717, 1.165) is 5.56 Å². The maximum Gasteiger partial charge on any atom is 0.391 e. The Hall–Kier alpha value is -1.72. The van der Waals surface area contributed by atoms with Crippen LogP contribution in [0.25, 0.3) is 0 Å². The number of urea groups is 1. The summed E-state index contributed by atoms with van der Waals surface area (Å²) in [6.45, 7) is 1.84. The normalized spacial score (nSPS) is 23.6. The number of carbonyl (C=O) groups excluding carboxylic acids is 1. The number of hydrogen-bond acceptors (Lipinski definition) is 1. The second-order valence-corrected chi connectivity index (χ2v) is 5.85. The fourth-order valence-corrected chi connectivity index (χ4v) is 2.87. The highest BCUT2D eigenvalue weighted by molar-refractivity contribution is 5.74. The Morgan fingerprint density at radius 2 is 1.91 bits per heavy atom. The van der Waals surface area contributed by atoms with Crippen LogP contribution >= 0.6 is 0 Å². The number of rotatable bonds is 3. The molecule has 0 spiro atoms. The largest absolute Gasteiger partial charge is 0.391 e. The van der Waals surface area contributed by atoms with Crippen molar-refractivity contribution in [2.45, 2.75) is 50.9 Å². The van der Waals surface area contributed by atoms with Crippen molar-refractivity contribution in [2.24, 2.45) is 5.92 Å². The molecule has 22 heavy (non-hydrogen) atoms. The van der Waals surface area contributed by atoms with E-state index in [1.165, 1.54) is 0 Å². The molecular formula is C16H21F3N2O. The molecule has 1 saturated carbocycles. The smallest absolute Gasteiger partial charge is 0.335 e. The van der Waals surface area contributed by atoms with E-state index in [4.69, 9.17) is 0 Å². The Bertz CT molecular complexity index is 490. The summed E-state index contributed by atoms with van der Waals surface area (Å²) in [5.41, 5.74) is 0.953. The predicted octanol–water partition coefficient (Wildman–Crippen LogP) is 4.17. The molecule has 1 aliphatic rings.